The summed E-state index contributed by atoms with van der Waals surface area (Å²) in [5.74, 6) is 0.0952. The summed E-state index contributed by atoms with van der Waals surface area (Å²) in [7, 11) is 0. The molecule has 1 fully saturated rings. The summed E-state index contributed by atoms with van der Waals surface area (Å²) in [6.45, 7) is 3.61. The largest absolute Gasteiger partial charge is 0.393 e. The first-order valence-corrected chi connectivity index (χ1v) is 7.32. The Morgan fingerprint density at radius 1 is 1.45 bits per heavy atom. The van der Waals surface area contributed by atoms with Gasteiger partial charge in [0.05, 0.1) is 12.0 Å². The van der Waals surface area contributed by atoms with Gasteiger partial charge in [-0.05, 0) is 24.3 Å². The highest BCUT2D eigenvalue weighted by Crippen LogP contribution is 2.19. The Bertz CT molecular complexity index is 435. The first-order chi connectivity index (χ1) is 9.61. The molecule has 1 amide bonds. The molecule has 0 spiro atoms. The van der Waals surface area contributed by atoms with Crippen molar-refractivity contribution in [2.75, 3.05) is 19.6 Å². The van der Waals surface area contributed by atoms with E-state index < -0.39 is 0 Å². The number of rotatable bonds is 4. The Labute approximate surface area is 120 Å². The van der Waals surface area contributed by atoms with Gasteiger partial charge in [-0.15, -0.1) is 0 Å². The van der Waals surface area contributed by atoms with Crippen molar-refractivity contribution >= 4 is 5.91 Å². The third-order valence-electron chi connectivity index (χ3n) is 4.13. The average Bonchev–Trinajstić information content (AvgIpc) is 2.48. The third kappa shape index (κ3) is 3.58. The van der Waals surface area contributed by atoms with Crippen molar-refractivity contribution in [3.05, 3.63) is 35.9 Å². The number of aliphatic hydroxyl groups excluding tert-OH is 1. The number of likely N-dealkylation sites (tertiary alicyclic amines) is 1. The molecule has 1 aromatic rings. The molecule has 1 aliphatic rings. The summed E-state index contributed by atoms with van der Waals surface area (Å²) in [5.41, 5.74) is 6.93. The van der Waals surface area contributed by atoms with Crippen molar-refractivity contribution in [1.82, 2.24) is 4.90 Å². The second-order valence-electron chi connectivity index (χ2n) is 5.74. The van der Waals surface area contributed by atoms with Crippen LogP contribution in [0.1, 0.15) is 18.9 Å². The van der Waals surface area contributed by atoms with Crippen LogP contribution in [0.2, 0.25) is 0 Å². The average molecular weight is 276 g/mol. The fourth-order valence-corrected chi connectivity index (χ4v) is 2.76. The first-order valence-electron chi connectivity index (χ1n) is 7.32. The molecule has 3 unspecified atom stereocenters. The van der Waals surface area contributed by atoms with E-state index in [1.54, 1.807) is 0 Å². The van der Waals surface area contributed by atoms with Crippen LogP contribution in [0.3, 0.4) is 0 Å². The number of benzene rings is 1. The number of nitrogens with two attached hydrogens (primary N) is 1. The Morgan fingerprint density at radius 3 is 2.75 bits per heavy atom. The molecule has 0 aliphatic carbocycles. The van der Waals surface area contributed by atoms with E-state index in [0.717, 1.165) is 5.56 Å². The molecular formula is C16H24N2O2. The van der Waals surface area contributed by atoms with Gasteiger partial charge in [-0.3, -0.25) is 4.79 Å². The number of aliphatic hydroxyl groups is 1. The molecule has 3 N–H and O–H groups in total. The quantitative estimate of drug-likeness (QED) is 0.863. The zero-order valence-electron chi connectivity index (χ0n) is 12.0. The monoisotopic (exact) mass is 276 g/mol. The van der Waals surface area contributed by atoms with Gasteiger partial charge in [0.1, 0.15) is 0 Å². The highest BCUT2D eigenvalue weighted by Gasteiger charge is 2.30. The van der Waals surface area contributed by atoms with E-state index in [9.17, 15) is 9.90 Å². The Balaban J connectivity index is 1.99. The minimum absolute atomic E-state index is 0.120. The minimum atomic E-state index is -0.288. The smallest absolute Gasteiger partial charge is 0.227 e. The van der Waals surface area contributed by atoms with Crippen molar-refractivity contribution in [3.63, 3.8) is 0 Å². The number of carbonyl (C=O) groups is 1. The maximum Gasteiger partial charge on any atom is 0.227 e. The summed E-state index contributed by atoms with van der Waals surface area (Å²) in [4.78, 5) is 14.4. The van der Waals surface area contributed by atoms with Crippen LogP contribution in [0, 0.1) is 11.8 Å². The maximum atomic E-state index is 12.6. The molecule has 1 aliphatic heterocycles. The molecule has 0 radical (unpaired) electrons. The van der Waals surface area contributed by atoms with Crippen LogP contribution in [-0.4, -0.2) is 41.7 Å². The van der Waals surface area contributed by atoms with E-state index in [-0.39, 0.29) is 23.8 Å². The Hall–Kier alpha value is -1.39. The van der Waals surface area contributed by atoms with Gasteiger partial charge in [-0.1, -0.05) is 37.3 Å². The highest BCUT2D eigenvalue weighted by molar-refractivity contribution is 5.79. The molecule has 1 heterocycles. The maximum absolute atomic E-state index is 12.6. The topological polar surface area (TPSA) is 66.6 Å². The molecule has 110 valence electrons. The minimum Gasteiger partial charge on any atom is -0.393 e. The first kappa shape index (κ1) is 15.0. The van der Waals surface area contributed by atoms with Gasteiger partial charge in [0.25, 0.3) is 0 Å². The van der Waals surface area contributed by atoms with Crippen molar-refractivity contribution in [2.45, 2.75) is 25.9 Å². The summed E-state index contributed by atoms with van der Waals surface area (Å²) in [6, 6.07) is 9.98. The second-order valence-corrected chi connectivity index (χ2v) is 5.74. The zero-order valence-corrected chi connectivity index (χ0v) is 12.0. The second kappa shape index (κ2) is 6.86. The molecule has 1 aromatic carbocycles. The Kier molecular flexibility index (Phi) is 5.15. The van der Waals surface area contributed by atoms with Crippen molar-refractivity contribution in [2.24, 2.45) is 17.6 Å². The van der Waals surface area contributed by atoms with Gasteiger partial charge >= 0.3 is 0 Å². The molecule has 2 rings (SSSR count). The summed E-state index contributed by atoms with van der Waals surface area (Å²) >= 11 is 0. The summed E-state index contributed by atoms with van der Waals surface area (Å²) in [5, 5.41) is 9.75. The number of nitrogens with zero attached hydrogens (tertiary/aromatic N) is 1. The van der Waals surface area contributed by atoms with E-state index in [1.165, 1.54) is 0 Å². The van der Waals surface area contributed by atoms with E-state index in [4.69, 9.17) is 5.73 Å². The number of piperidine rings is 1. The van der Waals surface area contributed by atoms with Gasteiger partial charge in [-0.25, -0.2) is 0 Å². The standard InChI is InChI=1S/C16H24N2O2/c1-12-11-18(8-7-15(12)19)16(20)14(10-17)9-13-5-3-2-4-6-13/h2-6,12,14-15,19H,7-11,17H2,1H3. The number of hydrogen-bond acceptors (Lipinski definition) is 3. The van der Waals surface area contributed by atoms with Gasteiger partial charge in [-0.2, -0.15) is 0 Å². The molecule has 3 atom stereocenters. The molecule has 1 saturated heterocycles. The normalized spacial score (nSPS) is 24.4. The molecule has 4 heteroatoms. The lowest BCUT2D eigenvalue weighted by molar-refractivity contribution is -0.138. The summed E-state index contributed by atoms with van der Waals surface area (Å²) in [6.07, 6.45) is 1.06. The van der Waals surface area contributed by atoms with E-state index in [2.05, 4.69) is 0 Å². The van der Waals surface area contributed by atoms with Crippen LogP contribution in [0.4, 0.5) is 0 Å². The van der Waals surface area contributed by atoms with Crippen LogP contribution in [0.15, 0.2) is 30.3 Å². The van der Waals surface area contributed by atoms with Gasteiger partial charge in [0, 0.05) is 19.6 Å². The van der Waals surface area contributed by atoms with Crippen LogP contribution in [0.25, 0.3) is 0 Å². The van der Waals surface area contributed by atoms with Gasteiger partial charge in [0.15, 0.2) is 0 Å². The fraction of sp³-hybridized carbons (Fsp3) is 0.562. The van der Waals surface area contributed by atoms with E-state index in [1.807, 2.05) is 42.2 Å². The van der Waals surface area contributed by atoms with Crippen LogP contribution in [-0.2, 0) is 11.2 Å². The highest BCUT2D eigenvalue weighted by atomic mass is 16.3. The Morgan fingerprint density at radius 2 is 2.15 bits per heavy atom. The van der Waals surface area contributed by atoms with Crippen molar-refractivity contribution < 1.29 is 9.90 Å². The van der Waals surface area contributed by atoms with Crippen molar-refractivity contribution in [1.29, 1.82) is 0 Å². The fourth-order valence-electron chi connectivity index (χ4n) is 2.76. The molecule has 0 bridgehead atoms. The van der Waals surface area contributed by atoms with E-state index >= 15 is 0 Å². The summed E-state index contributed by atoms with van der Waals surface area (Å²) < 4.78 is 0. The molecule has 0 saturated carbocycles. The number of carbonyl (C=O) groups excluding carboxylic acids is 1. The van der Waals surface area contributed by atoms with Crippen LogP contribution in [0.5, 0.6) is 0 Å². The van der Waals surface area contributed by atoms with Gasteiger partial charge in [0.2, 0.25) is 5.91 Å². The molecule has 4 nitrogen and oxygen atoms in total. The number of hydrogen-bond donors (Lipinski definition) is 2. The number of amides is 1. The van der Waals surface area contributed by atoms with Crippen molar-refractivity contribution in [3.8, 4) is 0 Å². The van der Waals surface area contributed by atoms with Gasteiger partial charge < -0.3 is 15.7 Å². The SMILES string of the molecule is CC1CN(C(=O)C(CN)Cc2ccccc2)CCC1O. The lowest BCUT2D eigenvalue weighted by Crippen LogP contribution is -2.48. The lowest BCUT2D eigenvalue weighted by Gasteiger charge is -2.36. The molecule has 20 heavy (non-hydrogen) atoms. The lowest BCUT2D eigenvalue weighted by atomic mass is 9.93. The zero-order chi connectivity index (χ0) is 14.5. The third-order valence-corrected chi connectivity index (χ3v) is 4.13. The predicted octanol–water partition coefficient (Wildman–Crippen LogP) is 1.03. The predicted molar refractivity (Wildman–Crippen MR) is 79.1 cm³/mol. The molecular weight excluding hydrogens is 252 g/mol. The van der Waals surface area contributed by atoms with E-state index in [0.29, 0.717) is 32.5 Å². The van der Waals surface area contributed by atoms with Crippen LogP contribution < -0.4 is 5.73 Å². The molecule has 0 aromatic heterocycles. The van der Waals surface area contributed by atoms with Crippen LogP contribution >= 0.6 is 0 Å².